The van der Waals surface area contributed by atoms with Gasteiger partial charge < -0.3 is 14.2 Å². The molecule has 0 saturated carbocycles. The Bertz CT molecular complexity index is 1540. The smallest absolute Gasteiger partial charge is 0.356 e. The van der Waals surface area contributed by atoms with Crippen LogP contribution >= 0.6 is 11.6 Å². The van der Waals surface area contributed by atoms with Gasteiger partial charge >= 0.3 is 5.97 Å². The van der Waals surface area contributed by atoms with Gasteiger partial charge in [-0.15, -0.1) is 0 Å². The summed E-state index contributed by atoms with van der Waals surface area (Å²) in [5.74, 6) is -1.04. The molecule has 1 amide bonds. The number of para-hydroxylation sites is 1. The minimum absolute atomic E-state index is 0.0831. The molecule has 2 heterocycles. The van der Waals surface area contributed by atoms with Gasteiger partial charge in [-0.25, -0.2) is 4.79 Å². The molecule has 0 saturated heterocycles. The summed E-state index contributed by atoms with van der Waals surface area (Å²) in [4.78, 5) is 41.8. The summed E-state index contributed by atoms with van der Waals surface area (Å²) in [5.41, 5.74) is 2.97. The number of carbonyl (C=O) groups excluding carboxylic acids is 2. The lowest BCUT2D eigenvalue weighted by atomic mass is 9.96. The quantitative estimate of drug-likeness (QED) is 0.353. The maximum absolute atomic E-state index is 13.6. The molecule has 7 heteroatoms. The van der Waals surface area contributed by atoms with Gasteiger partial charge in [0.1, 0.15) is 5.69 Å². The Morgan fingerprint density at radius 3 is 2.36 bits per heavy atom. The van der Waals surface area contributed by atoms with Gasteiger partial charge in [-0.3, -0.25) is 9.59 Å². The third-order valence-electron chi connectivity index (χ3n) is 6.64. The minimum Gasteiger partial charge on any atom is -0.448 e. The fraction of sp³-hybridized carbons (Fsp3) is 0.207. The number of benzene rings is 3. The van der Waals surface area contributed by atoms with E-state index in [1.165, 1.54) is 11.6 Å². The third kappa shape index (κ3) is 4.18. The molecule has 3 aromatic carbocycles. The van der Waals surface area contributed by atoms with Crippen molar-refractivity contribution >= 4 is 39.9 Å². The van der Waals surface area contributed by atoms with Crippen LogP contribution < -0.4 is 10.5 Å². The second-order valence-corrected chi connectivity index (χ2v) is 9.35. The summed E-state index contributed by atoms with van der Waals surface area (Å²) in [6, 6.07) is 21.9. The van der Waals surface area contributed by atoms with Gasteiger partial charge in [0.2, 0.25) is 0 Å². The molecule has 1 aromatic heterocycles. The minimum atomic E-state index is -1.04. The number of esters is 1. The first-order valence-corrected chi connectivity index (χ1v) is 12.2. The summed E-state index contributed by atoms with van der Waals surface area (Å²) in [5, 5.41) is 1.66. The highest BCUT2D eigenvalue weighted by Gasteiger charge is 2.31. The Labute approximate surface area is 213 Å². The van der Waals surface area contributed by atoms with Crippen molar-refractivity contribution in [3.05, 3.63) is 99.4 Å². The number of amides is 1. The summed E-state index contributed by atoms with van der Waals surface area (Å²) >= 11 is 6.10. The molecule has 0 N–H and O–H groups in total. The average molecular weight is 501 g/mol. The molecule has 1 aliphatic rings. The van der Waals surface area contributed by atoms with E-state index in [-0.39, 0.29) is 17.2 Å². The van der Waals surface area contributed by atoms with Crippen LogP contribution in [-0.2, 0) is 23.0 Å². The molecule has 5 rings (SSSR count). The molecule has 1 aliphatic heterocycles. The van der Waals surface area contributed by atoms with Crippen LogP contribution in [0.25, 0.3) is 21.9 Å². The average Bonchev–Trinajstić information content (AvgIpc) is 2.90. The molecule has 0 aliphatic carbocycles. The van der Waals surface area contributed by atoms with Gasteiger partial charge in [-0.2, -0.15) is 0 Å². The van der Waals surface area contributed by atoms with Crippen molar-refractivity contribution in [2.24, 2.45) is 7.05 Å². The summed E-state index contributed by atoms with van der Waals surface area (Å²) in [6.07, 6.45) is 0.699. The van der Waals surface area contributed by atoms with Crippen molar-refractivity contribution in [2.45, 2.75) is 25.9 Å². The molecule has 0 radical (unpaired) electrons. The van der Waals surface area contributed by atoms with E-state index in [1.807, 2.05) is 30.3 Å². The molecule has 36 heavy (non-hydrogen) atoms. The molecule has 1 unspecified atom stereocenters. The first-order valence-electron chi connectivity index (χ1n) is 11.8. The zero-order chi connectivity index (χ0) is 25.4. The largest absolute Gasteiger partial charge is 0.448 e. The number of anilines is 1. The van der Waals surface area contributed by atoms with Crippen LogP contribution in [0.4, 0.5) is 5.69 Å². The summed E-state index contributed by atoms with van der Waals surface area (Å²) < 4.78 is 7.01. The maximum Gasteiger partial charge on any atom is 0.356 e. The number of hydrogen-bond donors (Lipinski definition) is 0. The number of ether oxygens (including phenoxy) is 1. The Morgan fingerprint density at radius 2 is 1.61 bits per heavy atom. The highest BCUT2D eigenvalue weighted by Crippen LogP contribution is 2.32. The van der Waals surface area contributed by atoms with Gasteiger partial charge in [-0.05, 0) is 60.5 Å². The lowest BCUT2D eigenvalue weighted by Gasteiger charge is -2.31. The standard InChI is InChI=1S/C29H25ClN2O4/c1-18(27(33)32-17-7-9-19-8-3-6-12-24(19)32)36-29(35)26-25(20-13-15-21(30)16-14-20)22-10-4-5-11-23(22)28(34)31(26)2/h3-6,8,10-16,18H,7,9,17H2,1-2H3. The molecule has 4 aromatic rings. The molecule has 6 nitrogen and oxygen atoms in total. The highest BCUT2D eigenvalue weighted by atomic mass is 35.5. The fourth-order valence-electron chi connectivity index (χ4n) is 4.86. The Hall–Kier alpha value is -3.90. The van der Waals surface area contributed by atoms with Crippen LogP contribution in [0.5, 0.6) is 0 Å². The zero-order valence-corrected chi connectivity index (χ0v) is 20.8. The molecule has 0 bridgehead atoms. The Kier molecular flexibility index (Phi) is 6.37. The van der Waals surface area contributed by atoms with Crippen molar-refractivity contribution in [3.8, 4) is 11.1 Å². The van der Waals surface area contributed by atoms with Gasteiger partial charge in [-0.1, -0.05) is 60.1 Å². The maximum atomic E-state index is 13.6. The van der Waals surface area contributed by atoms with E-state index in [0.717, 1.165) is 24.1 Å². The second-order valence-electron chi connectivity index (χ2n) is 8.91. The highest BCUT2D eigenvalue weighted by molar-refractivity contribution is 6.30. The normalized spacial score (nSPS) is 13.8. The number of fused-ring (bicyclic) bond motifs is 2. The number of rotatable bonds is 4. The van der Waals surface area contributed by atoms with E-state index < -0.39 is 12.1 Å². The third-order valence-corrected chi connectivity index (χ3v) is 6.89. The fourth-order valence-corrected chi connectivity index (χ4v) is 4.99. The predicted octanol–water partition coefficient (Wildman–Crippen LogP) is 5.38. The van der Waals surface area contributed by atoms with Crippen LogP contribution in [0.2, 0.25) is 5.02 Å². The van der Waals surface area contributed by atoms with Gasteiger partial charge in [0.25, 0.3) is 11.5 Å². The van der Waals surface area contributed by atoms with E-state index in [1.54, 1.807) is 54.3 Å². The van der Waals surface area contributed by atoms with Crippen LogP contribution in [-0.4, -0.2) is 29.1 Å². The number of halogens is 1. The van der Waals surface area contributed by atoms with Crippen molar-refractivity contribution in [2.75, 3.05) is 11.4 Å². The van der Waals surface area contributed by atoms with Crippen molar-refractivity contribution in [3.63, 3.8) is 0 Å². The van der Waals surface area contributed by atoms with Crippen LogP contribution in [0, 0.1) is 0 Å². The molecule has 1 atom stereocenters. The van der Waals surface area contributed by atoms with Crippen molar-refractivity contribution in [1.82, 2.24) is 4.57 Å². The molecule has 182 valence electrons. The number of aryl methyl sites for hydroxylation is 1. The Balaban J connectivity index is 1.55. The number of nitrogens with zero attached hydrogens (tertiary/aromatic N) is 2. The van der Waals surface area contributed by atoms with Crippen LogP contribution in [0.1, 0.15) is 29.4 Å². The number of carbonyl (C=O) groups is 2. The first-order chi connectivity index (χ1) is 17.4. The van der Waals surface area contributed by atoms with E-state index in [4.69, 9.17) is 16.3 Å². The van der Waals surface area contributed by atoms with E-state index in [0.29, 0.717) is 33.5 Å². The number of hydrogen-bond acceptors (Lipinski definition) is 4. The predicted molar refractivity (Wildman–Crippen MR) is 142 cm³/mol. The van der Waals surface area contributed by atoms with E-state index in [9.17, 15) is 14.4 Å². The molecular formula is C29H25ClN2O4. The molecule has 0 spiro atoms. The molecular weight excluding hydrogens is 476 g/mol. The Morgan fingerprint density at radius 1 is 0.944 bits per heavy atom. The van der Waals surface area contributed by atoms with Gasteiger partial charge in [0.15, 0.2) is 6.10 Å². The topological polar surface area (TPSA) is 68.6 Å². The lowest BCUT2D eigenvalue weighted by molar-refractivity contribution is -0.126. The van der Waals surface area contributed by atoms with Crippen molar-refractivity contribution in [1.29, 1.82) is 0 Å². The second kappa shape index (κ2) is 9.63. The molecule has 0 fully saturated rings. The van der Waals surface area contributed by atoms with Crippen LogP contribution in [0.3, 0.4) is 0 Å². The number of pyridine rings is 1. The number of aromatic nitrogens is 1. The SMILES string of the molecule is CC(OC(=O)c1c(-c2ccc(Cl)cc2)c2ccccc2c(=O)n1C)C(=O)N1CCCc2ccccc21. The van der Waals surface area contributed by atoms with Gasteiger partial charge in [0, 0.05) is 35.3 Å². The summed E-state index contributed by atoms with van der Waals surface area (Å²) in [7, 11) is 1.54. The summed E-state index contributed by atoms with van der Waals surface area (Å²) in [6.45, 7) is 2.13. The zero-order valence-electron chi connectivity index (χ0n) is 20.0. The van der Waals surface area contributed by atoms with Gasteiger partial charge in [0.05, 0.1) is 0 Å². The van der Waals surface area contributed by atoms with E-state index >= 15 is 0 Å². The van der Waals surface area contributed by atoms with Crippen molar-refractivity contribution < 1.29 is 14.3 Å². The first kappa shape index (κ1) is 23.8. The van der Waals surface area contributed by atoms with E-state index in [2.05, 4.69) is 0 Å². The lowest BCUT2D eigenvalue weighted by Crippen LogP contribution is -2.43. The monoisotopic (exact) mass is 500 g/mol. The van der Waals surface area contributed by atoms with Crippen LogP contribution in [0.15, 0.2) is 77.6 Å².